The molecule has 0 bridgehead atoms. The molecule has 2 N–H and O–H groups in total. The summed E-state index contributed by atoms with van der Waals surface area (Å²) in [5.41, 5.74) is 3.50. The van der Waals surface area contributed by atoms with Gasteiger partial charge in [-0.1, -0.05) is 35.9 Å². The van der Waals surface area contributed by atoms with Crippen molar-refractivity contribution in [1.29, 1.82) is 0 Å². The lowest BCUT2D eigenvalue weighted by molar-refractivity contribution is 0.0694. The highest BCUT2D eigenvalue weighted by molar-refractivity contribution is 6.31. The molecule has 0 radical (unpaired) electrons. The number of benzene rings is 3. The Kier molecular flexibility index (Phi) is 3.72. The quantitative estimate of drug-likeness (QED) is 0.483. The third-order valence-electron chi connectivity index (χ3n) is 5.21. The molecule has 2 heterocycles. The molecule has 6 nitrogen and oxygen atoms in total. The molecular weight excluding hydrogens is 390 g/mol. The molecule has 0 atom stereocenters. The Hall–Kier alpha value is -3.64. The van der Waals surface area contributed by atoms with Crippen LogP contribution in [-0.4, -0.2) is 39.1 Å². The lowest BCUT2D eigenvalue weighted by atomic mass is 9.92. The van der Waals surface area contributed by atoms with E-state index in [1.54, 1.807) is 48.5 Å². The van der Waals surface area contributed by atoms with Crippen LogP contribution in [0.5, 0.6) is 5.75 Å². The van der Waals surface area contributed by atoms with Crippen molar-refractivity contribution in [2.45, 2.75) is 0 Å². The zero-order valence-corrected chi connectivity index (χ0v) is 16.0. The second kappa shape index (κ2) is 6.18. The average molecular weight is 404 g/mol. The number of carbonyl (C=O) groups excluding carboxylic acids is 2. The number of aromatic amines is 1. The minimum absolute atomic E-state index is 0.0777. The minimum atomic E-state index is -0.390. The Morgan fingerprint density at radius 3 is 2.38 bits per heavy atom. The summed E-state index contributed by atoms with van der Waals surface area (Å²) in [7, 11) is 1.46. The number of aromatic hydroxyl groups is 1. The first kappa shape index (κ1) is 17.5. The van der Waals surface area contributed by atoms with Gasteiger partial charge in [0.1, 0.15) is 11.4 Å². The van der Waals surface area contributed by atoms with Gasteiger partial charge in [0.25, 0.3) is 11.8 Å². The summed E-state index contributed by atoms with van der Waals surface area (Å²) < 4.78 is 0. The third kappa shape index (κ3) is 2.46. The van der Waals surface area contributed by atoms with Crippen molar-refractivity contribution < 1.29 is 14.7 Å². The first-order chi connectivity index (χ1) is 14.0. The molecule has 1 aliphatic heterocycles. The highest BCUT2D eigenvalue weighted by atomic mass is 35.5. The molecule has 0 spiro atoms. The number of para-hydroxylation sites is 1. The monoisotopic (exact) mass is 403 g/mol. The predicted molar refractivity (Wildman–Crippen MR) is 110 cm³/mol. The van der Waals surface area contributed by atoms with Crippen LogP contribution in [0.2, 0.25) is 5.02 Å². The largest absolute Gasteiger partial charge is 0.507 e. The number of H-pyrrole nitrogens is 1. The number of phenols is 1. The van der Waals surface area contributed by atoms with Crippen molar-refractivity contribution in [2.75, 3.05) is 7.05 Å². The Bertz CT molecular complexity index is 1330. The van der Waals surface area contributed by atoms with Gasteiger partial charge in [0.2, 0.25) is 0 Å². The molecule has 0 saturated heterocycles. The fraction of sp³-hybridized carbons (Fsp3) is 0.0455. The average Bonchev–Trinajstić information content (AvgIpc) is 3.24. The minimum Gasteiger partial charge on any atom is -0.507 e. The van der Waals surface area contributed by atoms with Crippen molar-refractivity contribution in [3.8, 4) is 28.1 Å². The highest BCUT2D eigenvalue weighted by Crippen LogP contribution is 2.41. The molecule has 0 saturated carbocycles. The number of nitrogens with zero attached hydrogens (tertiary/aromatic N) is 2. The number of fused-ring (bicyclic) bond motifs is 3. The Labute approximate surface area is 170 Å². The number of hydrogen-bond donors (Lipinski definition) is 2. The van der Waals surface area contributed by atoms with Crippen molar-refractivity contribution in [2.24, 2.45) is 0 Å². The normalized spacial score (nSPS) is 13.4. The molecule has 7 heteroatoms. The second-order valence-corrected chi connectivity index (χ2v) is 7.30. The van der Waals surface area contributed by atoms with E-state index in [2.05, 4.69) is 10.2 Å². The van der Waals surface area contributed by atoms with Crippen molar-refractivity contribution in [3.63, 3.8) is 0 Å². The summed E-state index contributed by atoms with van der Waals surface area (Å²) in [6.07, 6.45) is 0. The van der Waals surface area contributed by atoms with E-state index in [1.165, 1.54) is 7.05 Å². The summed E-state index contributed by atoms with van der Waals surface area (Å²) in [6.45, 7) is 0. The molecule has 4 aromatic rings. The molecule has 3 aromatic carbocycles. The zero-order valence-electron chi connectivity index (χ0n) is 15.2. The van der Waals surface area contributed by atoms with Crippen LogP contribution in [0.4, 0.5) is 0 Å². The molecule has 0 fully saturated rings. The van der Waals surface area contributed by atoms with Crippen LogP contribution in [0.1, 0.15) is 20.7 Å². The van der Waals surface area contributed by atoms with Crippen molar-refractivity contribution >= 4 is 34.3 Å². The molecule has 0 unspecified atom stereocenters. The lowest BCUT2D eigenvalue weighted by Crippen LogP contribution is -2.24. The van der Waals surface area contributed by atoms with E-state index in [9.17, 15) is 14.7 Å². The maximum Gasteiger partial charge on any atom is 0.263 e. The fourth-order valence-corrected chi connectivity index (χ4v) is 3.88. The molecule has 142 valence electrons. The van der Waals surface area contributed by atoms with Crippen molar-refractivity contribution in [3.05, 3.63) is 70.7 Å². The summed E-state index contributed by atoms with van der Waals surface area (Å²) in [5, 5.41) is 18.7. The number of carbonyl (C=O) groups is 2. The van der Waals surface area contributed by atoms with E-state index in [1.807, 2.05) is 6.07 Å². The predicted octanol–water partition coefficient (Wildman–Crippen LogP) is 4.48. The third-order valence-corrected chi connectivity index (χ3v) is 5.47. The zero-order chi connectivity index (χ0) is 20.3. The van der Waals surface area contributed by atoms with Crippen molar-refractivity contribution in [1.82, 2.24) is 15.1 Å². The number of imide groups is 1. The molecule has 5 rings (SSSR count). The number of hydrogen-bond acceptors (Lipinski definition) is 4. The molecular formula is C22H14ClN3O3. The van der Waals surface area contributed by atoms with Crippen LogP contribution in [0.25, 0.3) is 33.3 Å². The van der Waals surface area contributed by atoms with Crippen LogP contribution in [0, 0.1) is 0 Å². The van der Waals surface area contributed by atoms with E-state index < -0.39 is 5.91 Å². The van der Waals surface area contributed by atoms with E-state index in [0.29, 0.717) is 38.3 Å². The molecule has 1 aromatic heterocycles. The lowest BCUT2D eigenvalue weighted by Gasteiger charge is -2.09. The summed E-state index contributed by atoms with van der Waals surface area (Å²) >= 11 is 6.02. The van der Waals surface area contributed by atoms with Gasteiger partial charge in [0, 0.05) is 23.0 Å². The molecule has 29 heavy (non-hydrogen) atoms. The first-order valence-electron chi connectivity index (χ1n) is 8.89. The van der Waals surface area contributed by atoms with Gasteiger partial charge in [-0.15, -0.1) is 0 Å². The molecule has 0 aliphatic carbocycles. The fourth-order valence-electron chi connectivity index (χ4n) is 3.76. The summed E-state index contributed by atoms with van der Waals surface area (Å²) in [5.74, 6) is -0.678. The van der Waals surface area contributed by atoms with Crippen LogP contribution in [-0.2, 0) is 0 Å². The number of rotatable bonds is 2. The van der Waals surface area contributed by atoms with Gasteiger partial charge in [-0.05, 0) is 41.5 Å². The maximum absolute atomic E-state index is 12.9. The standard InChI is InChI=1S/C22H14ClN3O3/c1-26-21(28)17-14(11-6-8-12(23)9-7-11)10-15-19(13-4-2-3-5-16(13)27)24-25-20(15)18(17)22(26)29/h2-10,27H,1H3,(H,24,25). The number of nitrogens with one attached hydrogen (secondary N) is 1. The van der Waals surface area contributed by atoms with Crippen LogP contribution in [0.15, 0.2) is 54.6 Å². The van der Waals surface area contributed by atoms with E-state index in [-0.39, 0.29) is 17.2 Å². The number of amides is 2. The van der Waals surface area contributed by atoms with Crippen LogP contribution < -0.4 is 0 Å². The van der Waals surface area contributed by atoms with Gasteiger partial charge in [-0.3, -0.25) is 19.6 Å². The SMILES string of the molecule is CN1C(=O)c2c(-c3ccc(Cl)cc3)cc3c(-c4ccccc4O)n[nH]c3c2C1=O. The van der Waals surface area contributed by atoms with Gasteiger partial charge in [0.15, 0.2) is 0 Å². The Morgan fingerprint density at radius 2 is 1.66 bits per heavy atom. The van der Waals surface area contributed by atoms with Crippen LogP contribution in [0.3, 0.4) is 0 Å². The molecule has 2 amide bonds. The van der Waals surface area contributed by atoms with Gasteiger partial charge >= 0.3 is 0 Å². The number of phenolic OH excluding ortho intramolecular Hbond substituents is 1. The van der Waals surface area contributed by atoms with Gasteiger partial charge in [0.05, 0.1) is 16.6 Å². The van der Waals surface area contributed by atoms with Gasteiger partial charge in [-0.25, -0.2) is 0 Å². The van der Waals surface area contributed by atoms with E-state index in [4.69, 9.17) is 11.6 Å². The maximum atomic E-state index is 12.9. The topological polar surface area (TPSA) is 86.3 Å². The van der Waals surface area contributed by atoms with E-state index >= 15 is 0 Å². The second-order valence-electron chi connectivity index (χ2n) is 6.86. The number of halogens is 1. The smallest absolute Gasteiger partial charge is 0.263 e. The highest BCUT2D eigenvalue weighted by Gasteiger charge is 2.38. The van der Waals surface area contributed by atoms with Gasteiger partial charge in [-0.2, -0.15) is 5.10 Å². The number of aromatic nitrogens is 2. The van der Waals surface area contributed by atoms with Crippen LogP contribution >= 0.6 is 11.6 Å². The first-order valence-corrected chi connectivity index (χ1v) is 9.27. The Morgan fingerprint density at radius 1 is 0.966 bits per heavy atom. The summed E-state index contributed by atoms with van der Waals surface area (Å²) in [4.78, 5) is 26.8. The van der Waals surface area contributed by atoms with Gasteiger partial charge < -0.3 is 5.11 Å². The molecule has 1 aliphatic rings. The summed E-state index contributed by atoms with van der Waals surface area (Å²) in [6, 6.07) is 15.7. The van der Waals surface area contributed by atoms with E-state index in [0.717, 1.165) is 10.5 Å². The Balaban J connectivity index is 1.89.